The Morgan fingerprint density at radius 1 is 1.25 bits per heavy atom. The van der Waals surface area contributed by atoms with Crippen LogP contribution in [0.2, 0.25) is 5.02 Å². The lowest BCUT2D eigenvalue weighted by atomic mass is 10.0. The molecule has 106 valence electrons. The number of phenolic OH excluding ortho intramolecular Hbond substituents is 1. The van der Waals surface area contributed by atoms with Crippen molar-refractivity contribution < 1.29 is 9.50 Å². The summed E-state index contributed by atoms with van der Waals surface area (Å²) in [4.78, 5) is 0. The topological polar surface area (TPSA) is 32.3 Å². The van der Waals surface area contributed by atoms with Crippen molar-refractivity contribution in [3.8, 4) is 5.75 Å². The van der Waals surface area contributed by atoms with E-state index in [4.69, 9.17) is 11.6 Å². The van der Waals surface area contributed by atoms with Crippen LogP contribution in [0.1, 0.15) is 29.7 Å². The first-order valence-corrected chi connectivity index (χ1v) is 6.82. The third kappa shape index (κ3) is 3.50. The van der Waals surface area contributed by atoms with E-state index in [1.54, 1.807) is 18.2 Å². The van der Waals surface area contributed by atoms with Crippen LogP contribution in [-0.2, 0) is 6.54 Å². The van der Waals surface area contributed by atoms with E-state index in [1.807, 2.05) is 26.0 Å². The second kappa shape index (κ2) is 6.25. The summed E-state index contributed by atoms with van der Waals surface area (Å²) in [6.45, 7) is 4.45. The largest absolute Gasteiger partial charge is 0.508 e. The molecule has 0 bridgehead atoms. The minimum absolute atomic E-state index is 0.0144. The fourth-order valence-corrected chi connectivity index (χ4v) is 2.25. The van der Waals surface area contributed by atoms with Gasteiger partial charge in [-0.25, -0.2) is 4.39 Å². The van der Waals surface area contributed by atoms with Crippen molar-refractivity contribution in [2.75, 3.05) is 0 Å². The van der Waals surface area contributed by atoms with Gasteiger partial charge in [0.2, 0.25) is 0 Å². The molecular formula is C16H17ClFNO. The van der Waals surface area contributed by atoms with Gasteiger partial charge in [-0.05, 0) is 43.2 Å². The van der Waals surface area contributed by atoms with Crippen molar-refractivity contribution in [1.29, 1.82) is 0 Å². The third-order valence-corrected chi connectivity index (χ3v) is 3.54. The molecule has 0 aromatic heterocycles. The lowest BCUT2D eigenvalue weighted by molar-refractivity contribution is 0.452. The van der Waals surface area contributed by atoms with E-state index in [0.717, 1.165) is 16.7 Å². The Bertz CT molecular complexity index is 615. The van der Waals surface area contributed by atoms with Crippen LogP contribution in [0.3, 0.4) is 0 Å². The number of aryl methyl sites for hydroxylation is 1. The van der Waals surface area contributed by atoms with Crippen LogP contribution in [-0.4, -0.2) is 5.11 Å². The van der Waals surface area contributed by atoms with Gasteiger partial charge in [-0.2, -0.15) is 0 Å². The number of halogens is 2. The lowest BCUT2D eigenvalue weighted by Gasteiger charge is -2.16. The second-order valence-electron chi connectivity index (χ2n) is 4.91. The molecule has 0 aliphatic rings. The summed E-state index contributed by atoms with van der Waals surface area (Å²) >= 11 is 5.75. The van der Waals surface area contributed by atoms with Crippen LogP contribution in [0.25, 0.3) is 0 Å². The first-order chi connectivity index (χ1) is 9.47. The van der Waals surface area contributed by atoms with E-state index in [0.29, 0.717) is 6.54 Å². The van der Waals surface area contributed by atoms with Gasteiger partial charge in [0.1, 0.15) is 11.6 Å². The van der Waals surface area contributed by atoms with Crippen molar-refractivity contribution in [3.05, 3.63) is 63.9 Å². The van der Waals surface area contributed by atoms with Crippen LogP contribution in [0.15, 0.2) is 36.4 Å². The maximum absolute atomic E-state index is 13.1. The Morgan fingerprint density at radius 3 is 2.65 bits per heavy atom. The summed E-state index contributed by atoms with van der Waals surface area (Å²) in [5.41, 5.74) is 2.75. The van der Waals surface area contributed by atoms with Gasteiger partial charge in [0.05, 0.1) is 5.02 Å². The summed E-state index contributed by atoms with van der Waals surface area (Å²) in [5.74, 6) is -0.137. The van der Waals surface area contributed by atoms with Gasteiger partial charge in [-0.3, -0.25) is 0 Å². The molecule has 0 saturated carbocycles. The molecule has 0 radical (unpaired) electrons. The third-order valence-electron chi connectivity index (χ3n) is 3.25. The van der Waals surface area contributed by atoms with Crippen LogP contribution in [0, 0.1) is 12.7 Å². The molecule has 2 rings (SSSR count). The lowest BCUT2D eigenvalue weighted by Crippen LogP contribution is -2.18. The van der Waals surface area contributed by atoms with Crippen LogP contribution >= 0.6 is 11.6 Å². The highest BCUT2D eigenvalue weighted by Crippen LogP contribution is 2.25. The average molecular weight is 294 g/mol. The highest BCUT2D eigenvalue weighted by molar-refractivity contribution is 6.30. The van der Waals surface area contributed by atoms with Crippen molar-refractivity contribution >= 4 is 11.6 Å². The molecule has 0 saturated heterocycles. The molecular weight excluding hydrogens is 277 g/mol. The molecule has 20 heavy (non-hydrogen) atoms. The number of nitrogens with one attached hydrogen (secondary N) is 1. The zero-order valence-corrected chi connectivity index (χ0v) is 12.2. The van der Waals surface area contributed by atoms with E-state index in [1.165, 1.54) is 6.07 Å². The summed E-state index contributed by atoms with van der Waals surface area (Å²) in [7, 11) is 0. The molecule has 0 heterocycles. The first-order valence-electron chi connectivity index (χ1n) is 6.44. The quantitative estimate of drug-likeness (QED) is 0.878. The molecule has 0 spiro atoms. The standard InChI is InChI=1S/C16H17ClFNO/c1-10-3-5-13(16(20)7-10)11(2)19-9-12-4-6-15(18)14(17)8-12/h3-8,11,19-20H,9H2,1-2H3. The van der Waals surface area contributed by atoms with Gasteiger partial charge >= 0.3 is 0 Å². The van der Waals surface area contributed by atoms with Gasteiger partial charge in [0.25, 0.3) is 0 Å². The number of rotatable bonds is 4. The summed E-state index contributed by atoms with van der Waals surface area (Å²) in [6, 6.07) is 10.2. The fraction of sp³-hybridized carbons (Fsp3) is 0.250. The zero-order chi connectivity index (χ0) is 14.7. The fourth-order valence-electron chi connectivity index (χ4n) is 2.05. The highest BCUT2D eigenvalue weighted by atomic mass is 35.5. The van der Waals surface area contributed by atoms with Gasteiger partial charge in [0, 0.05) is 18.2 Å². The Balaban J connectivity index is 2.04. The molecule has 2 N–H and O–H groups in total. The minimum Gasteiger partial charge on any atom is -0.508 e. The Labute approximate surface area is 123 Å². The SMILES string of the molecule is Cc1ccc(C(C)NCc2ccc(F)c(Cl)c2)c(O)c1. The van der Waals surface area contributed by atoms with E-state index < -0.39 is 5.82 Å². The molecule has 0 amide bonds. The smallest absolute Gasteiger partial charge is 0.141 e. The molecule has 2 nitrogen and oxygen atoms in total. The molecule has 2 aromatic carbocycles. The van der Waals surface area contributed by atoms with E-state index >= 15 is 0 Å². The second-order valence-corrected chi connectivity index (χ2v) is 5.32. The first kappa shape index (κ1) is 14.8. The maximum Gasteiger partial charge on any atom is 0.141 e. The van der Waals surface area contributed by atoms with Crippen LogP contribution < -0.4 is 5.32 Å². The van der Waals surface area contributed by atoms with Crippen LogP contribution in [0.4, 0.5) is 4.39 Å². The number of phenols is 1. The number of hydrogen-bond acceptors (Lipinski definition) is 2. The predicted molar refractivity (Wildman–Crippen MR) is 79.5 cm³/mol. The monoisotopic (exact) mass is 293 g/mol. The summed E-state index contributed by atoms with van der Waals surface area (Å²) in [5, 5.41) is 13.3. The number of hydrogen-bond donors (Lipinski definition) is 2. The minimum atomic E-state index is -0.417. The highest BCUT2D eigenvalue weighted by Gasteiger charge is 2.10. The van der Waals surface area contributed by atoms with E-state index in [2.05, 4.69) is 5.32 Å². The summed E-state index contributed by atoms with van der Waals surface area (Å²) in [6.07, 6.45) is 0. The molecule has 1 unspecified atom stereocenters. The predicted octanol–water partition coefficient (Wildman–Crippen LogP) is 4.34. The van der Waals surface area contributed by atoms with Crippen molar-refractivity contribution in [2.24, 2.45) is 0 Å². The molecule has 2 aromatic rings. The Morgan fingerprint density at radius 2 is 2.00 bits per heavy atom. The Hall–Kier alpha value is -1.58. The van der Waals surface area contributed by atoms with Gasteiger partial charge < -0.3 is 10.4 Å². The molecule has 4 heteroatoms. The normalized spacial score (nSPS) is 12.4. The van der Waals surface area contributed by atoms with E-state index in [-0.39, 0.29) is 16.8 Å². The molecule has 0 aliphatic heterocycles. The number of aromatic hydroxyl groups is 1. The van der Waals surface area contributed by atoms with Crippen molar-refractivity contribution in [3.63, 3.8) is 0 Å². The van der Waals surface area contributed by atoms with Crippen molar-refractivity contribution in [2.45, 2.75) is 26.4 Å². The van der Waals surface area contributed by atoms with E-state index in [9.17, 15) is 9.50 Å². The van der Waals surface area contributed by atoms with Crippen molar-refractivity contribution in [1.82, 2.24) is 5.32 Å². The zero-order valence-electron chi connectivity index (χ0n) is 11.5. The summed E-state index contributed by atoms with van der Waals surface area (Å²) < 4.78 is 13.1. The molecule has 0 fully saturated rings. The Kier molecular flexibility index (Phi) is 4.63. The van der Waals surface area contributed by atoms with Gasteiger partial charge in [0.15, 0.2) is 0 Å². The van der Waals surface area contributed by atoms with Gasteiger partial charge in [-0.1, -0.05) is 29.8 Å². The van der Waals surface area contributed by atoms with Crippen LogP contribution in [0.5, 0.6) is 5.75 Å². The van der Waals surface area contributed by atoms with Gasteiger partial charge in [-0.15, -0.1) is 0 Å². The molecule has 0 aliphatic carbocycles. The molecule has 1 atom stereocenters. The maximum atomic E-state index is 13.1. The number of benzene rings is 2. The average Bonchev–Trinajstić information content (AvgIpc) is 2.40.